The summed E-state index contributed by atoms with van der Waals surface area (Å²) in [6.07, 6.45) is 0. The number of aryl methyl sites for hydroxylation is 2. The van der Waals surface area contributed by atoms with E-state index in [0.717, 1.165) is 15.7 Å². The van der Waals surface area contributed by atoms with Crippen LogP contribution in [0.3, 0.4) is 0 Å². The third-order valence-electron chi connectivity index (χ3n) is 2.01. The number of hydrogen-bond donors (Lipinski definition) is 1. The number of aromatic nitrogens is 2. The molecule has 1 N–H and O–H groups in total. The van der Waals surface area contributed by atoms with E-state index in [1.807, 2.05) is 19.2 Å². The number of pyridine rings is 1. The minimum atomic E-state index is -0.965. The number of hydrogen-bond acceptors (Lipinski definition) is 5. The predicted octanol–water partition coefficient (Wildman–Crippen LogP) is 3.00. The molecule has 0 aliphatic carbocycles. The lowest BCUT2D eigenvalue weighted by atomic mass is 10.2. The standard InChI is InChI=1S/C11H10N2O2S2/c1-6-3-4-8(10(14)15)9(12-6)17-11-13-7(2)5-16-11/h3-5H,1-2H3,(H,14,15). The highest BCUT2D eigenvalue weighted by Gasteiger charge is 2.14. The normalized spacial score (nSPS) is 10.5. The Kier molecular flexibility index (Phi) is 3.44. The summed E-state index contributed by atoms with van der Waals surface area (Å²) in [6.45, 7) is 3.74. The molecule has 4 nitrogen and oxygen atoms in total. The molecule has 0 unspecified atom stereocenters. The molecule has 2 rings (SSSR count). The molecule has 0 spiro atoms. The minimum Gasteiger partial charge on any atom is -0.478 e. The highest BCUT2D eigenvalue weighted by Crippen LogP contribution is 2.31. The first-order valence-electron chi connectivity index (χ1n) is 4.87. The highest BCUT2D eigenvalue weighted by atomic mass is 32.2. The molecule has 0 radical (unpaired) electrons. The monoisotopic (exact) mass is 266 g/mol. The van der Waals surface area contributed by atoms with E-state index in [9.17, 15) is 4.79 Å². The fourth-order valence-corrected chi connectivity index (χ4v) is 3.14. The number of thiazole rings is 1. The number of rotatable bonds is 3. The van der Waals surface area contributed by atoms with Crippen molar-refractivity contribution in [1.82, 2.24) is 9.97 Å². The lowest BCUT2D eigenvalue weighted by Crippen LogP contribution is -2.01. The van der Waals surface area contributed by atoms with Crippen LogP contribution in [-0.4, -0.2) is 21.0 Å². The summed E-state index contributed by atoms with van der Waals surface area (Å²) in [5.41, 5.74) is 1.95. The zero-order valence-corrected chi connectivity index (χ0v) is 10.9. The van der Waals surface area contributed by atoms with Crippen LogP contribution in [0.2, 0.25) is 0 Å². The summed E-state index contributed by atoms with van der Waals surface area (Å²) in [4.78, 5) is 19.6. The maximum absolute atomic E-state index is 11.1. The van der Waals surface area contributed by atoms with Gasteiger partial charge in [0.15, 0.2) is 4.34 Å². The Morgan fingerprint density at radius 1 is 1.29 bits per heavy atom. The maximum atomic E-state index is 11.1. The quantitative estimate of drug-likeness (QED) is 0.925. The lowest BCUT2D eigenvalue weighted by molar-refractivity contribution is 0.0692. The smallest absolute Gasteiger partial charge is 0.338 e. The summed E-state index contributed by atoms with van der Waals surface area (Å²) in [5, 5.41) is 11.5. The maximum Gasteiger partial charge on any atom is 0.338 e. The zero-order chi connectivity index (χ0) is 12.4. The van der Waals surface area contributed by atoms with Crippen LogP contribution in [-0.2, 0) is 0 Å². The first kappa shape index (κ1) is 12.1. The summed E-state index contributed by atoms with van der Waals surface area (Å²) in [5.74, 6) is -0.965. The molecule has 0 aliphatic heterocycles. The first-order valence-corrected chi connectivity index (χ1v) is 6.57. The summed E-state index contributed by atoms with van der Waals surface area (Å²) >= 11 is 2.78. The van der Waals surface area contributed by atoms with Crippen LogP contribution in [0.4, 0.5) is 0 Å². The lowest BCUT2D eigenvalue weighted by Gasteiger charge is -2.03. The van der Waals surface area contributed by atoms with Gasteiger partial charge in [0.2, 0.25) is 0 Å². The van der Waals surface area contributed by atoms with Crippen molar-refractivity contribution in [3.05, 3.63) is 34.5 Å². The average Bonchev–Trinajstić information content (AvgIpc) is 2.63. The van der Waals surface area contributed by atoms with E-state index in [1.54, 1.807) is 12.1 Å². The van der Waals surface area contributed by atoms with Gasteiger partial charge in [-0.3, -0.25) is 0 Å². The molecular weight excluding hydrogens is 256 g/mol. The molecule has 0 saturated heterocycles. The molecule has 2 aromatic heterocycles. The zero-order valence-electron chi connectivity index (χ0n) is 9.30. The average molecular weight is 266 g/mol. The van der Waals surface area contributed by atoms with E-state index in [0.29, 0.717) is 5.03 Å². The molecule has 2 heterocycles. The number of carboxylic acids is 1. The van der Waals surface area contributed by atoms with Crippen LogP contribution in [0.5, 0.6) is 0 Å². The number of nitrogens with zero attached hydrogens (tertiary/aromatic N) is 2. The van der Waals surface area contributed by atoms with E-state index in [-0.39, 0.29) is 5.56 Å². The summed E-state index contributed by atoms with van der Waals surface area (Å²) in [7, 11) is 0. The van der Waals surface area contributed by atoms with E-state index in [1.165, 1.54) is 23.1 Å². The predicted molar refractivity (Wildman–Crippen MR) is 66.9 cm³/mol. The van der Waals surface area contributed by atoms with E-state index in [2.05, 4.69) is 9.97 Å². The van der Waals surface area contributed by atoms with Gasteiger partial charge in [0, 0.05) is 16.8 Å². The second-order valence-corrected chi connectivity index (χ2v) is 5.56. The second-order valence-electron chi connectivity index (χ2n) is 3.47. The Hall–Kier alpha value is -1.40. The molecule has 0 aromatic carbocycles. The van der Waals surface area contributed by atoms with Crippen molar-refractivity contribution in [3.8, 4) is 0 Å². The summed E-state index contributed by atoms with van der Waals surface area (Å²) in [6, 6.07) is 3.27. The first-order chi connectivity index (χ1) is 8.06. The van der Waals surface area contributed by atoms with E-state index in [4.69, 9.17) is 5.11 Å². The Balaban J connectivity index is 2.37. The van der Waals surface area contributed by atoms with Gasteiger partial charge in [-0.1, -0.05) is 0 Å². The molecule has 2 aromatic rings. The Morgan fingerprint density at radius 3 is 2.65 bits per heavy atom. The molecule has 0 aliphatic rings. The number of carboxylic acid groups (broad SMARTS) is 1. The Morgan fingerprint density at radius 2 is 2.06 bits per heavy atom. The third-order valence-corrected chi connectivity index (χ3v) is 4.07. The van der Waals surface area contributed by atoms with Gasteiger partial charge in [-0.05, 0) is 37.7 Å². The van der Waals surface area contributed by atoms with Gasteiger partial charge in [0.1, 0.15) is 5.03 Å². The Labute approximate surface area is 107 Å². The van der Waals surface area contributed by atoms with Crippen LogP contribution >= 0.6 is 23.1 Å². The van der Waals surface area contributed by atoms with Crippen molar-refractivity contribution in [2.45, 2.75) is 23.2 Å². The second kappa shape index (κ2) is 4.85. The van der Waals surface area contributed by atoms with Gasteiger partial charge in [0.05, 0.1) is 5.56 Å². The molecule has 0 bridgehead atoms. The SMILES string of the molecule is Cc1csc(Sc2nc(C)ccc2C(=O)O)n1. The van der Waals surface area contributed by atoms with Gasteiger partial charge < -0.3 is 5.11 Å². The number of aromatic carboxylic acids is 1. The minimum absolute atomic E-state index is 0.216. The van der Waals surface area contributed by atoms with E-state index < -0.39 is 5.97 Å². The largest absolute Gasteiger partial charge is 0.478 e. The van der Waals surface area contributed by atoms with Crippen LogP contribution in [0, 0.1) is 13.8 Å². The third kappa shape index (κ3) is 2.83. The van der Waals surface area contributed by atoms with Crippen LogP contribution < -0.4 is 0 Å². The fraction of sp³-hybridized carbons (Fsp3) is 0.182. The fourth-order valence-electron chi connectivity index (χ4n) is 1.24. The van der Waals surface area contributed by atoms with Gasteiger partial charge >= 0.3 is 5.97 Å². The summed E-state index contributed by atoms with van der Waals surface area (Å²) < 4.78 is 0.808. The van der Waals surface area contributed by atoms with Crippen molar-refractivity contribution in [2.75, 3.05) is 0 Å². The van der Waals surface area contributed by atoms with Gasteiger partial charge in [-0.2, -0.15) is 0 Å². The molecular formula is C11H10N2O2S2. The van der Waals surface area contributed by atoms with Crippen LogP contribution in [0.15, 0.2) is 26.9 Å². The molecule has 88 valence electrons. The van der Waals surface area contributed by atoms with Crippen LogP contribution in [0.1, 0.15) is 21.7 Å². The van der Waals surface area contributed by atoms with Crippen molar-refractivity contribution in [1.29, 1.82) is 0 Å². The van der Waals surface area contributed by atoms with Crippen molar-refractivity contribution < 1.29 is 9.90 Å². The van der Waals surface area contributed by atoms with Gasteiger partial charge in [0.25, 0.3) is 0 Å². The van der Waals surface area contributed by atoms with Crippen LogP contribution in [0.25, 0.3) is 0 Å². The molecule has 6 heteroatoms. The number of carbonyl (C=O) groups is 1. The van der Waals surface area contributed by atoms with Crippen molar-refractivity contribution in [2.24, 2.45) is 0 Å². The highest BCUT2D eigenvalue weighted by molar-refractivity contribution is 8.01. The Bertz CT molecular complexity index is 566. The molecule has 0 amide bonds. The molecule has 0 atom stereocenters. The van der Waals surface area contributed by atoms with Gasteiger partial charge in [-0.25, -0.2) is 14.8 Å². The topological polar surface area (TPSA) is 63.1 Å². The van der Waals surface area contributed by atoms with E-state index >= 15 is 0 Å². The van der Waals surface area contributed by atoms with Gasteiger partial charge in [-0.15, -0.1) is 11.3 Å². The molecule has 0 saturated carbocycles. The molecule has 0 fully saturated rings. The van der Waals surface area contributed by atoms with Crippen molar-refractivity contribution in [3.63, 3.8) is 0 Å². The van der Waals surface area contributed by atoms with Crippen molar-refractivity contribution >= 4 is 29.1 Å². The molecule has 17 heavy (non-hydrogen) atoms.